The summed E-state index contributed by atoms with van der Waals surface area (Å²) in [6.07, 6.45) is 0.963. The average Bonchev–Trinajstić information content (AvgIpc) is 2.83. The van der Waals surface area contributed by atoms with Gasteiger partial charge in [-0.25, -0.2) is 9.98 Å². The van der Waals surface area contributed by atoms with Crippen molar-refractivity contribution in [1.82, 2.24) is 4.98 Å². The van der Waals surface area contributed by atoms with E-state index in [9.17, 15) is 0 Å². The standard InChI is InChI=1S/C15H20N4S.HI/c1-4-14-18-13(9-20-14)8-17-15(16)19-12-6-10(2)5-11(3)7-12;/h5-7,9H,4,8H2,1-3H3,(H3,16,17,19);1H. The number of nitrogens with two attached hydrogens (primary N) is 1. The number of aromatic nitrogens is 1. The summed E-state index contributed by atoms with van der Waals surface area (Å²) in [5, 5.41) is 6.29. The number of hydrogen-bond acceptors (Lipinski definition) is 3. The highest BCUT2D eigenvalue weighted by molar-refractivity contribution is 14.0. The van der Waals surface area contributed by atoms with Gasteiger partial charge in [-0.05, 0) is 43.5 Å². The number of aryl methyl sites for hydroxylation is 3. The topological polar surface area (TPSA) is 63.3 Å². The van der Waals surface area contributed by atoms with Gasteiger partial charge in [-0.3, -0.25) is 0 Å². The van der Waals surface area contributed by atoms with Crippen LogP contribution in [-0.2, 0) is 13.0 Å². The van der Waals surface area contributed by atoms with E-state index >= 15 is 0 Å². The van der Waals surface area contributed by atoms with Crippen LogP contribution in [0.15, 0.2) is 28.6 Å². The molecule has 4 nitrogen and oxygen atoms in total. The fourth-order valence-corrected chi connectivity index (χ4v) is 2.72. The van der Waals surface area contributed by atoms with Crippen LogP contribution in [0.4, 0.5) is 5.69 Å². The number of aliphatic imine (C=N–C) groups is 1. The lowest BCUT2D eigenvalue weighted by Gasteiger charge is -2.07. The van der Waals surface area contributed by atoms with Crippen molar-refractivity contribution in [2.24, 2.45) is 10.7 Å². The van der Waals surface area contributed by atoms with Crippen LogP contribution < -0.4 is 11.1 Å². The monoisotopic (exact) mass is 416 g/mol. The van der Waals surface area contributed by atoms with Gasteiger partial charge in [0.15, 0.2) is 5.96 Å². The largest absolute Gasteiger partial charge is 0.370 e. The molecule has 0 bridgehead atoms. The van der Waals surface area contributed by atoms with Crippen LogP contribution in [-0.4, -0.2) is 10.9 Å². The van der Waals surface area contributed by atoms with Gasteiger partial charge in [0.1, 0.15) is 0 Å². The molecule has 2 aromatic rings. The number of anilines is 1. The van der Waals surface area contributed by atoms with Crippen molar-refractivity contribution in [3.63, 3.8) is 0 Å². The van der Waals surface area contributed by atoms with Crippen LogP contribution in [0.25, 0.3) is 0 Å². The van der Waals surface area contributed by atoms with E-state index in [1.54, 1.807) is 11.3 Å². The van der Waals surface area contributed by atoms with Gasteiger partial charge in [0.25, 0.3) is 0 Å². The molecule has 0 saturated heterocycles. The van der Waals surface area contributed by atoms with E-state index in [1.165, 1.54) is 11.1 Å². The van der Waals surface area contributed by atoms with Gasteiger partial charge in [-0.1, -0.05) is 13.0 Å². The van der Waals surface area contributed by atoms with Crippen molar-refractivity contribution in [1.29, 1.82) is 0 Å². The van der Waals surface area contributed by atoms with Gasteiger partial charge in [-0.15, -0.1) is 35.3 Å². The maximum absolute atomic E-state index is 5.91. The first-order chi connectivity index (χ1) is 9.56. The number of benzene rings is 1. The van der Waals surface area contributed by atoms with Crippen LogP contribution in [0.5, 0.6) is 0 Å². The van der Waals surface area contributed by atoms with Crippen LogP contribution in [0.2, 0.25) is 0 Å². The summed E-state index contributed by atoms with van der Waals surface area (Å²) in [5.41, 5.74) is 10.2. The smallest absolute Gasteiger partial charge is 0.193 e. The van der Waals surface area contributed by atoms with Crippen molar-refractivity contribution in [3.05, 3.63) is 45.4 Å². The van der Waals surface area contributed by atoms with Crippen LogP contribution in [0, 0.1) is 13.8 Å². The van der Waals surface area contributed by atoms with E-state index in [4.69, 9.17) is 5.73 Å². The minimum absolute atomic E-state index is 0. The zero-order valence-corrected chi connectivity index (χ0v) is 15.7. The molecular formula is C15H21IN4S. The van der Waals surface area contributed by atoms with E-state index in [-0.39, 0.29) is 24.0 Å². The first-order valence-corrected chi connectivity index (χ1v) is 7.53. The molecule has 2 rings (SSSR count). The second kappa shape index (κ2) is 8.33. The van der Waals surface area contributed by atoms with E-state index in [0.29, 0.717) is 12.5 Å². The summed E-state index contributed by atoms with van der Waals surface area (Å²) in [6, 6.07) is 6.22. The molecule has 0 atom stereocenters. The lowest BCUT2D eigenvalue weighted by Crippen LogP contribution is -2.22. The summed E-state index contributed by atoms with van der Waals surface area (Å²) >= 11 is 1.67. The number of rotatable bonds is 4. The van der Waals surface area contributed by atoms with E-state index in [0.717, 1.165) is 22.8 Å². The summed E-state index contributed by atoms with van der Waals surface area (Å²) in [5.74, 6) is 0.418. The highest BCUT2D eigenvalue weighted by atomic mass is 127. The highest BCUT2D eigenvalue weighted by Gasteiger charge is 2.01. The van der Waals surface area contributed by atoms with Crippen LogP contribution >= 0.6 is 35.3 Å². The van der Waals surface area contributed by atoms with Crippen molar-refractivity contribution < 1.29 is 0 Å². The lowest BCUT2D eigenvalue weighted by atomic mass is 10.1. The van der Waals surface area contributed by atoms with Crippen molar-refractivity contribution in [3.8, 4) is 0 Å². The Hall–Kier alpha value is -1.15. The number of guanidine groups is 1. The molecule has 0 aliphatic heterocycles. The molecule has 0 aliphatic carbocycles. The van der Waals surface area contributed by atoms with Crippen molar-refractivity contribution in [2.45, 2.75) is 33.7 Å². The second-order valence-electron chi connectivity index (χ2n) is 4.79. The molecule has 0 fully saturated rings. The minimum atomic E-state index is 0. The zero-order chi connectivity index (χ0) is 14.5. The molecule has 0 spiro atoms. The molecular weight excluding hydrogens is 395 g/mol. The molecule has 114 valence electrons. The quantitative estimate of drug-likeness (QED) is 0.452. The summed E-state index contributed by atoms with van der Waals surface area (Å²) in [7, 11) is 0. The molecule has 1 heterocycles. The second-order valence-corrected chi connectivity index (χ2v) is 5.73. The first kappa shape index (κ1) is 17.9. The Morgan fingerprint density at radius 3 is 2.52 bits per heavy atom. The summed E-state index contributed by atoms with van der Waals surface area (Å²) < 4.78 is 0. The highest BCUT2D eigenvalue weighted by Crippen LogP contribution is 2.14. The fraction of sp³-hybridized carbons (Fsp3) is 0.333. The molecule has 3 N–H and O–H groups in total. The van der Waals surface area contributed by atoms with Gasteiger partial charge in [-0.2, -0.15) is 0 Å². The molecule has 6 heteroatoms. The maximum atomic E-state index is 5.91. The third kappa shape index (κ3) is 5.62. The Balaban J connectivity index is 0.00000220. The predicted octanol–water partition coefficient (Wildman–Crippen LogP) is 3.87. The first-order valence-electron chi connectivity index (χ1n) is 6.65. The maximum Gasteiger partial charge on any atom is 0.193 e. The Morgan fingerprint density at radius 2 is 1.95 bits per heavy atom. The van der Waals surface area contributed by atoms with E-state index in [2.05, 4.69) is 42.1 Å². The minimum Gasteiger partial charge on any atom is -0.370 e. The van der Waals surface area contributed by atoms with Crippen LogP contribution in [0.3, 0.4) is 0 Å². The third-order valence-corrected chi connectivity index (χ3v) is 3.85. The van der Waals surface area contributed by atoms with Crippen molar-refractivity contribution in [2.75, 3.05) is 5.32 Å². The lowest BCUT2D eigenvalue weighted by molar-refractivity contribution is 0.969. The Morgan fingerprint density at radius 1 is 1.29 bits per heavy atom. The molecule has 0 amide bonds. The summed E-state index contributed by atoms with van der Waals surface area (Å²) in [6.45, 7) is 6.74. The summed E-state index contributed by atoms with van der Waals surface area (Å²) in [4.78, 5) is 8.79. The van der Waals surface area contributed by atoms with Crippen LogP contribution in [0.1, 0.15) is 28.8 Å². The SMILES string of the molecule is CCc1nc(CN=C(N)Nc2cc(C)cc(C)c2)cs1.I. The fourth-order valence-electron chi connectivity index (χ4n) is 1.98. The molecule has 21 heavy (non-hydrogen) atoms. The number of hydrogen-bond donors (Lipinski definition) is 2. The molecule has 0 saturated carbocycles. The number of thiazole rings is 1. The van der Waals surface area contributed by atoms with Gasteiger partial charge in [0.05, 0.1) is 17.2 Å². The van der Waals surface area contributed by atoms with Gasteiger partial charge in [0.2, 0.25) is 0 Å². The number of nitrogens with one attached hydrogen (secondary N) is 1. The number of halogens is 1. The Kier molecular flexibility index (Phi) is 7.10. The normalized spacial score (nSPS) is 11.1. The van der Waals surface area contributed by atoms with Gasteiger partial charge < -0.3 is 11.1 Å². The number of nitrogens with zero attached hydrogens (tertiary/aromatic N) is 2. The molecule has 1 aromatic heterocycles. The van der Waals surface area contributed by atoms with Crippen molar-refractivity contribution >= 4 is 47.0 Å². The van der Waals surface area contributed by atoms with E-state index < -0.39 is 0 Å². The van der Waals surface area contributed by atoms with Gasteiger partial charge >= 0.3 is 0 Å². The Bertz CT molecular complexity index is 602. The zero-order valence-electron chi connectivity index (χ0n) is 12.5. The molecule has 0 unspecified atom stereocenters. The van der Waals surface area contributed by atoms with Gasteiger partial charge in [0, 0.05) is 11.1 Å². The third-order valence-electron chi connectivity index (χ3n) is 2.81. The molecule has 1 aromatic carbocycles. The van der Waals surface area contributed by atoms with E-state index in [1.807, 2.05) is 17.5 Å². The Labute approximate surface area is 146 Å². The average molecular weight is 416 g/mol. The predicted molar refractivity (Wildman–Crippen MR) is 102 cm³/mol. The molecule has 0 radical (unpaired) electrons. The molecule has 0 aliphatic rings.